The number of non-ortho nitro benzene ring substituents is 1. The van der Waals surface area contributed by atoms with Crippen LogP contribution in [0.4, 0.5) is 5.69 Å². The predicted molar refractivity (Wildman–Crippen MR) is 63.1 cm³/mol. The number of rotatable bonds is 5. The van der Waals surface area contributed by atoms with Gasteiger partial charge in [-0.15, -0.1) is 0 Å². The fourth-order valence-corrected chi connectivity index (χ4v) is 2.50. The van der Waals surface area contributed by atoms with Crippen molar-refractivity contribution in [2.24, 2.45) is 0 Å². The predicted octanol–water partition coefficient (Wildman–Crippen LogP) is 1.18. The number of hydrogen-bond donors (Lipinski definition) is 1. The molecule has 7 nitrogen and oxygen atoms in total. The Morgan fingerprint density at radius 3 is 2.44 bits per heavy atom. The summed E-state index contributed by atoms with van der Waals surface area (Å²) in [7, 11) is -3.75. The lowest BCUT2D eigenvalue weighted by atomic mass is 10.3. The SMILES string of the molecule is CC(CC#N)NS(=O)(=O)c1ccc([N+](=O)[O-])cc1. The first kappa shape index (κ1) is 14.1. The van der Waals surface area contributed by atoms with Gasteiger partial charge in [0.05, 0.1) is 22.3 Å². The van der Waals surface area contributed by atoms with Crippen molar-refractivity contribution in [3.05, 3.63) is 34.4 Å². The minimum absolute atomic E-state index is 0.0478. The highest BCUT2D eigenvalue weighted by atomic mass is 32.2. The molecule has 1 unspecified atom stereocenters. The lowest BCUT2D eigenvalue weighted by Crippen LogP contribution is -2.32. The second-order valence-corrected chi connectivity index (χ2v) is 5.35. The van der Waals surface area contributed by atoms with Crippen molar-refractivity contribution in [3.8, 4) is 6.07 Å². The molecule has 0 aliphatic heterocycles. The molecule has 1 aromatic rings. The summed E-state index contributed by atoms with van der Waals surface area (Å²) in [4.78, 5) is 9.75. The molecule has 0 saturated heterocycles. The Bertz CT molecular complexity index is 574. The normalized spacial score (nSPS) is 12.7. The first-order valence-corrected chi connectivity index (χ1v) is 6.49. The Hall–Kier alpha value is -1.98. The maximum atomic E-state index is 11.8. The number of sulfonamides is 1. The quantitative estimate of drug-likeness (QED) is 0.636. The van der Waals surface area contributed by atoms with E-state index in [9.17, 15) is 18.5 Å². The van der Waals surface area contributed by atoms with Gasteiger partial charge in [0.1, 0.15) is 0 Å². The maximum Gasteiger partial charge on any atom is 0.269 e. The van der Waals surface area contributed by atoms with E-state index in [0.717, 1.165) is 24.3 Å². The van der Waals surface area contributed by atoms with Gasteiger partial charge < -0.3 is 0 Å². The summed E-state index contributed by atoms with van der Waals surface area (Å²) in [6, 6.07) is 5.86. The zero-order valence-corrected chi connectivity index (χ0v) is 10.3. The van der Waals surface area contributed by atoms with E-state index in [0.29, 0.717) is 0 Å². The van der Waals surface area contributed by atoms with Crippen LogP contribution in [-0.4, -0.2) is 19.4 Å². The van der Waals surface area contributed by atoms with Crippen LogP contribution in [0, 0.1) is 21.4 Å². The minimum Gasteiger partial charge on any atom is -0.258 e. The smallest absolute Gasteiger partial charge is 0.258 e. The van der Waals surface area contributed by atoms with Crippen molar-refractivity contribution >= 4 is 15.7 Å². The standard InChI is InChI=1S/C10H11N3O4S/c1-8(6-7-11)12-18(16,17)10-4-2-9(3-5-10)13(14)15/h2-5,8,12H,6H2,1H3. The van der Waals surface area contributed by atoms with Crippen molar-refractivity contribution < 1.29 is 13.3 Å². The fraction of sp³-hybridized carbons (Fsp3) is 0.300. The molecule has 0 saturated carbocycles. The summed E-state index contributed by atoms with van der Waals surface area (Å²) in [6.45, 7) is 1.56. The van der Waals surface area contributed by atoms with Crippen LogP contribution in [0.5, 0.6) is 0 Å². The Labute approximate surface area is 104 Å². The highest BCUT2D eigenvalue weighted by Crippen LogP contribution is 2.16. The molecule has 0 bridgehead atoms. The van der Waals surface area contributed by atoms with E-state index in [4.69, 9.17) is 5.26 Å². The van der Waals surface area contributed by atoms with Crippen LogP contribution in [0.3, 0.4) is 0 Å². The van der Waals surface area contributed by atoms with Gasteiger partial charge in [-0.25, -0.2) is 13.1 Å². The molecular weight excluding hydrogens is 258 g/mol. The van der Waals surface area contributed by atoms with Crippen molar-refractivity contribution in [1.82, 2.24) is 4.72 Å². The maximum absolute atomic E-state index is 11.8. The largest absolute Gasteiger partial charge is 0.269 e. The first-order valence-electron chi connectivity index (χ1n) is 5.00. The van der Waals surface area contributed by atoms with Crippen molar-refractivity contribution in [1.29, 1.82) is 5.26 Å². The van der Waals surface area contributed by atoms with Crippen molar-refractivity contribution in [2.75, 3.05) is 0 Å². The lowest BCUT2D eigenvalue weighted by molar-refractivity contribution is -0.384. The van der Waals surface area contributed by atoms with Gasteiger partial charge in [-0.3, -0.25) is 10.1 Å². The topological polar surface area (TPSA) is 113 Å². The van der Waals surface area contributed by atoms with Gasteiger partial charge in [0.25, 0.3) is 5.69 Å². The molecule has 96 valence electrons. The van der Waals surface area contributed by atoms with Gasteiger partial charge >= 0.3 is 0 Å². The number of nitriles is 1. The van der Waals surface area contributed by atoms with Crippen LogP contribution in [0.1, 0.15) is 13.3 Å². The molecule has 1 rings (SSSR count). The summed E-state index contributed by atoms with van der Waals surface area (Å²) in [5.41, 5.74) is -0.181. The van der Waals surface area contributed by atoms with Gasteiger partial charge in [0.15, 0.2) is 0 Å². The van der Waals surface area contributed by atoms with Crippen LogP contribution in [0.15, 0.2) is 29.2 Å². The average molecular weight is 269 g/mol. The molecule has 1 N–H and O–H groups in total. The van der Waals surface area contributed by atoms with Gasteiger partial charge in [0.2, 0.25) is 10.0 Å². The Morgan fingerprint density at radius 1 is 1.44 bits per heavy atom. The second-order valence-electron chi connectivity index (χ2n) is 3.64. The van der Waals surface area contributed by atoms with E-state index in [1.807, 2.05) is 6.07 Å². The number of nitrogens with zero attached hydrogens (tertiary/aromatic N) is 2. The number of hydrogen-bond acceptors (Lipinski definition) is 5. The lowest BCUT2D eigenvalue weighted by Gasteiger charge is -2.10. The number of nitro groups is 1. The van der Waals surface area contributed by atoms with Crippen LogP contribution < -0.4 is 4.72 Å². The van der Waals surface area contributed by atoms with E-state index < -0.39 is 21.0 Å². The average Bonchev–Trinajstić information content (AvgIpc) is 2.28. The molecule has 0 radical (unpaired) electrons. The van der Waals surface area contributed by atoms with Gasteiger partial charge in [-0.1, -0.05) is 0 Å². The fourth-order valence-electron chi connectivity index (χ4n) is 1.26. The third-order valence-electron chi connectivity index (χ3n) is 2.11. The van der Waals surface area contributed by atoms with E-state index in [2.05, 4.69) is 4.72 Å². The van der Waals surface area contributed by atoms with Crippen molar-refractivity contribution in [3.63, 3.8) is 0 Å². The van der Waals surface area contributed by atoms with E-state index in [1.165, 1.54) is 0 Å². The van der Waals surface area contributed by atoms with Gasteiger partial charge in [0, 0.05) is 18.2 Å². The number of benzene rings is 1. The van der Waals surface area contributed by atoms with E-state index in [-0.39, 0.29) is 17.0 Å². The summed E-state index contributed by atoms with van der Waals surface area (Å²) < 4.78 is 25.9. The molecule has 1 aromatic carbocycles. The Kier molecular flexibility index (Phi) is 4.36. The summed E-state index contributed by atoms with van der Waals surface area (Å²) in [6.07, 6.45) is 0.0478. The first-order chi connectivity index (χ1) is 8.36. The highest BCUT2D eigenvalue weighted by Gasteiger charge is 2.18. The molecule has 0 aliphatic rings. The second kappa shape index (κ2) is 5.57. The van der Waals surface area contributed by atoms with Crippen LogP contribution in [0.25, 0.3) is 0 Å². The van der Waals surface area contributed by atoms with E-state index in [1.54, 1.807) is 6.92 Å². The summed E-state index contributed by atoms with van der Waals surface area (Å²) in [5, 5.41) is 18.9. The van der Waals surface area contributed by atoms with Gasteiger partial charge in [-0.2, -0.15) is 5.26 Å². The molecular formula is C10H11N3O4S. The molecule has 0 aliphatic carbocycles. The summed E-state index contributed by atoms with van der Waals surface area (Å²) in [5.74, 6) is 0. The van der Waals surface area contributed by atoms with Crippen LogP contribution in [0.2, 0.25) is 0 Å². The number of nitro benzene ring substituents is 1. The molecule has 1 atom stereocenters. The zero-order chi connectivity index (χ0) is 13.8. The monoisotopic (exact) mass is 269 g/mol. The third kappa shape index (κ3) is 3.51. The van der Waals surface area contributed by atoms with Crippen LogP contribution in [-0.2, 0) is 10.0 Å². The summed E-state index contributed by atoms with van der Waals surface area (Å²) >= 11 is 0. The van der Waals surface area contributed by atoms with E-state index >= 15 is 0 Å². The molecule has 0 amide bonds. The van der Waals surface area contributed by atoms with Gasteiger partial charge in [-0.05, 0) is 19.1 Å². The Morgan fingerprint density at radius 2 is 2.00 bits per heavy atom. The zero-order valence-electron chi connectivity index (χ0n) is 9.53. The van der Waals surface area contributed by atoms with Crippen LogP contribution >= 0.6 is 0 Å². The third-order valence-corrected chi connectivity index (χ3v) is 3.72. The molecule has 0 spiro atoms. The molecule has 0 aromatic heterocycles. The highest BCUT2D eigenvalue weighted by molar-refractivity contribution is 7.89. The molecule has 8 heteroatoms. The number of nitrogens with one attached hydrogen (secondary N) is 1. The molecule has 0 fully saturated rings. The Balaban J connectivity index is 2.92. The molecule has 0 heterocycles. The van der Waals surface area contributed by atoms with Crippen molar-refractivity contribution in [2.45, 2.75) is 24.3 Å². The minimum atomic E-state index is -3.75. The molecule has 18 heavy (non-hydrogen) atoms.